The van der Waals surface area contributed by atoms with E-state index in [1.165, 1.54) is 47.7 Å². The quantitative estimate of drug-likeness (QED) is 0.735. The van der Waals surface area contributed by atoms with Gasteiger partial charge in [-0.2, -0.15) is 0 Å². The van der Waals surface area contributed by atoms with Crippen molar-refractivity contribution in [3.8, 4) is 0 Å². The van der Waals surface area contributed by atoms with Gasteiger partial charge in [0, 0.05) is 10.5 Å². The molecule has 2 bridgehead atoms. The molecule has 21 heavy (non-hydrogen) atoms. The van der Waals surface area contributed by atoms with Crippen molar-refractivity contribution < 1.29 is 0 Å². The molecule has 0 amide bonds. The molecule has 2 aliphatic carbocycles. The number of hydrogen-bond donors (Lipinski definition) is 1. The molecule has 0 aromatic heterocycles. The highest BCUT2D eigenvalue weighted by atomic mass is 79.9. The Hall–Kier alpha value is -0.340. The van der Waals surface area contributed by atoms with E-state index in [0.29, 0.717) is 6.04 Å². The zero-order valence-corrected chi connectivity index (χ0v) is 15.2. The highest BCUT2D eigenvalue weighted by Gasteiger charge is 2.43. The second-order valence-electron chi connectivity index (χ2n) is 7.23. The summed E-state index contributed by atoms with van der Waals surface area (Å²) in [5.41, 5.74) is 4.34. The Morgan fingerprint density at radius 3 is 2.62 bits per heavy atom. The predicted molar refractivity (Wildman–Crippen MR) is 93.6 cm³/mol. The number of benzene rings is 1. The molecule has 1 aromatic rings. The van der Waals surface area contributed by atoms with E-state index in [9.17, 15) is 0 Å². The van der Waals surface area contributed by atoms with Crippen LogP contribution in [0.3, 0.4) is 0 Å². The molecule has 0 heterocycles. The van der Waals surface area contributed by atoms with E-state index in [4.69, 9.17) is 0 Å². The van der Waals surface area contributed by atoms with Gasteiger partial charge in [-0.25, -0.2) is 0 Å². The van der Waals surface area contributed by atoms with Gasteiger partial charge >= 0.3 is 0 Å². The molecule has 3 rings (SSSR count). The largest absolute Gasteiger partial charge is 0.310 e. The summed E-state index contributed by atoms with van der Waals surface area (Å²) in [7, 11) is 0. The lowest BCUT2D eigenvalue weighted by molar-refractivity contribution is 0.250. The Morgan fingerprint density at radius 2 is 2.00 bits per heavy atom. The first-order valence-electron chi connectivity index (χ1n) is 8.60. The molecule has 0 saturated heterocycles. The molecule has 0 aliphatic heterocycles. The van der Waals surface area contributed by atoms with Crippen molar-refractivity contribution >= 4 is 15.9 Å². The minimum absolute atomic E-state index is 0.562. The van der Waals surface area contributed by atoms with Crippen molar-refractivity contribution in [2.45, 2.75) is 58.9 Å². The van der Waals surface area contributed by atoms with Gasteiger partial charge in [-0.05, 0) is 86.6 Å². The molecule has 0 spiro atoms. The third kappa shape index (κ3) is 3.07. The molecule has 1 nitrogen and oxygen atoms in total. The van der Waals surface area contributed by atoms with Gasteiger partial charge in [-0.3, -0.25) is 0 Å². The van der Waals surface area contributed by atoms with Crippen molar-refractivity contribution in [2.24, 2.45) is 17.8 Å². The average molecular weight is 350 g/mol. The zero-order chi connectivity index (χ0) is 15.0. The highest BCUT2D eigenvalue weighted by molar-refractivity contribution is 9.10. The minimum Gasteiger partial charge on any atom is -0.310 e. The Kier molecular flexibility index (Phi) is 4.75. The van der Waals surface area contributed by atoms with E-state index >= 15 is 0 Å². The molecule has 2 heteroatoms. The maximum absolute atomic E-state index is 3.88. The number of halogens is 1. The molecule has 2 fully saturated rings. The van der Waals surface area contributed by atoms with Crippen LogP contribution in [0, 0.1) is 31.6 Å². The summed E-state index contributed by atoms with van der Waals surface area (Å²) in [4.78, 5) is 0. The van der Waals surface area contributed by atoms with Crippen LogP contribution in [0.2, 0.25) is 0 Å². The summed E-state index contributed by atoms with van der Waals surface area (Å²) in [5.74, 6) is 2.84. The van der Waals surface area contributed by atoms with Crippen molar-refractivity contribution in [1.82, 2.24) is 5.32 Å². The van der Waals surface area contributed by atoms with Crippen LogP contribution in [0.1, 0.15) is 61.8 Å². The first-order chi connectivity index (χ1) is 10.1. The van der Waals surface area contributed by atoms with Gasteiger partial charge in [0.1, 0.15) is 0 Å². The predicted octanol–water partition coefficient (Wildman–Crippen LogP) is 5.54. The number of aryl methyl sites for hydroxylation is 2. The van der Waals surface area contributed by atoms with Crippen LogP contribution in [0.15, 0.2) is 16.6 Å². The van der Waals surface area contributed by atoms with E-state index < -0.39 is 0 Å². The molecule has 2 aliphatic rings. The summed E-state index contributed by atoms with van der Waals surface area (Å²) >= 11 is 3.68. The molecule has 1 aromatic carbocycles. The molecule has 4 atom stereocenters. The first kappa shape index (κ1) is 15.6. The van der Waals surface area contributed by atoms with Crippen LogP contribution in [0.5, 0.6) is 0 Å². The fourth-order valence-electron chi connectivity index (χ4n) is 4.63. The van der Waals surface area contributed by atoms with Crippen LogP contribution in [0.4, 0.5) is 0 Å². The maximum atomic E-state index is 3.88. The Bertz CT molecular complexity index is 511. The normalized spacial score (nSPS) is 29.0. The van der Waals surface area contributed by atoms with Gasteiger partial charge in [0.15, 0.2) is 0 Å². The maximum Gasteiger partial charge on any atom is 0.0354 e. The van der Waals surface area contributed by atoms with E-state index in [0.717, 1.165) is 24.3 Å². The lowest BCUT2D eigenvalue weighted by Crippen LogP contribution is -2.32. The number of fused-ring (bicyclic) bond motifs is 2. The third-order valence-electron chi connectivity index (χ3n) is 5.72. The SMILES string of the molecule is CCCNC(c1cc(C)c(Br)cc1C)C1CC2CCC1C2. The summed E-state index contributed by atoms with van der Waals surface area (Å²) < 4.78 is 1.24. The summed E-state index contributed by atoms with van der Waals surface area (Å²) in [6.45, 7) is 7.88. The zero-order valence-electron chi connectivity index (χ0n) is 13.6. The van der Waals surface area contributed by atoms with Gasteiger partial charge in [-0.15, -0.1) is 0 Å². The second-order valence-corrected chi connectivity index (χ2v) is 8.08. The van der Waals surface area contributed by atoms with Gasteiger partial charge in [0.25, 0.3) is 0 Å². The Balaban J connectivity index is 1.90. The molecular weight excluding hydrogens is 322 g/mol. The van der Waals surface area contributed by atoms with Crippen molar-refractivity contribution in [2.75, 3.05) is 6.54 Å². The van der Waals surface area contributed by atoms with Crippen LogP contribution >= 0.6 is 15.9 Å². The van der Waals surface area contributed by atoms with Crippen LogP contribution in [-0.2, 0) is 0 Å². The van der Waals surface area contributed by atoms with E-state index in [1.54, 1.807) is 5.56 Å². The van der Waals surface area contributed by atoms with E-state index in [2.05, 4.69) is 54.2 Å². The number of nitrogens with one attached hydrogen (secondary N) is 1. The van der Waals surface area contributed by atoms with Crippen molar-refractivity contribution in [3.63, 3.8) is 0 Å². The molecule has 0 radical (unpaired) electrons. The topological polar surface area (TPSA) is 12.0 Å². The molecular formula is C19H28BrN. The molecule has 116 valence electrons. The lowest BCUT2D eigenvalue weighted by Gasteiger charge is -2.33. The van der Waals surface area contributed by atoms with Crippen molar-refractivity contribution in [3.05, 3.63) is 33.3 Å². The Labute approximate surface area is 138 Å². The number of rotatable bonds is 5. The van der Waals surface area contributed by atoms with Crippen LogP contribution in [-0.4, -0.2) is 6.54 Å². The van der Waals surface area contributed by atoms with Gasteiger partial charge in [0.05, 0.1) is 0 Å². The van der Waals surface area contributed by atoms with E-state index in [-0.39, 0.29) is 0 Å². The van der Waals surface area contributed by atoms with Crippen LogP contribution < -0.4 is 5.32 Å². The average Bonchev–Trinajstić information content (AvgIpc) is 3.07. The van der Waals surface area contributed by atoms with Gasteiger partial charge in [-0.1, -0.05) is 35.3 Å². The van der Waals surface area contributed by atoms with Gasteiger partial charge in [0.2, 0.25) is 0 Å². The summed E-state index contributed by atoms with van der Waals surface area (Å²) in [6, 6.07) is 5.28. The van der Waals surface area contributed by atoms with Crippen LogP contribution in [0.25, 0.3) is 0 Å². The molecule has 4 unspecified atom stereocenters. The summed E-state index contributed by atoms with van der Waals surface area (Å²) in [5, 5.41) is 3.88. The third-order valence-corrected chi connectivity index (χ3v) is 6.57. The minimum atomic E-state index is 0.562. The molecule has 1 N–H and O–H groups in total. The Morgan fingerprint density at radius 1 is 1.19 bits per heavy atom. The summed E-state index contributed by atoms with van der Waals surface area (Å²) in [6.07, 6.45) is 7.10. The highest BCUT2D eigenvalue weighted by Crippen LogP contribution is 2.53. The van der Waals surface area contributed by atoms with Crippen molar-refractivity contribution in [1.29, 1.82) is 0 Å². The first-order valence-corrected chi connectivity index (χ1v) is 9.39. The van der Waals surface area contributed by atoms with Gasteiger partial charge < -0.3 is 5.32 Å². The number of hydrogen-bond acceptors (Lipinski definition) is 1. The fourth-order valence-corrected chi connectivity index (χ4v) is 5.09. The smallest absolute Gasteiger partial charge is 0.0354 e. The van der Waals surface area contributed by atoms with E-state index in [1.807, 2.05) is 0 Å². The molecule has 2 saturated carbocycles. The standard InChI is InChI=1S/C19H28BrN/c1-4-7-21-19(17-11-14-5-6-15(17)10-14)16-8-13(3)18(20)9-12(16)2/h8-9,14-15,17,19,21H,4-7,10-11H2,1-3H3. The fraction of sp³-hybridized carbons (Fsp3) is 0.684. The monoisotopic (exact) mass is 349 g/mol. The second kappa shape index (κ2) is 6.42. The lowest BCUT2D eigenvalue weighted by atomic mass is 9.79.